The van der Waals surface area contributed by atoms with E-state index in [9.17, 15) is 9.90 Å². The van der Waals surface area contributed by atoms with E-state index in [0.717, 1.165) is 37.8 Å². The van der Waals surface area contributed by atoms with Crippen molar-refractivity contribution in [1.29, 1.82) is 0 Å². The lowest BCUT2D eigenvalue weighted by Gasteiger charge is -2.27. The van der Waals surface area contributed by atoms with Crippen LogP contribution in [0.3, 0.4) is 0 Å². The Bertz CT molecular complexity index is 452. The molecule has 4 N–H and O–H groups in total. The fraction of sp³-hybridized carbons (Fsp3) is 0.562. The SMILES string of the molecule is CC(O)c1ccccc1NC(=O)C1CCC(CN)CC1. The third-order valence-corrected chi connectivity index (χ3v) is 4.22. The van der Waals surface area contributed by atoms with Gasteiger partial charge in [0.25, 0.3) is 0 Å². The topological polar surface area (TPSA) is 75.3 Å². The van der Waals surface area contributed by atoms with Crippen LogP contribution in [0, 0.1) is 11.8 Å². The zero-order valence-electron chi connectivity index (χ0n) is 12.0. The third-order valence-electron chi connectivity index (χ3n) is 4.22. The summed E-state index contributed by atoms with van der Waals surface area (Å²) in [5.41, 5.74) is 7.15. The average Bonchev–Trinajstić information content (AvgIpc) is 2.47. The molecule has 4 nitrogen and oxygen atoms in total. The zero-order chi connectivity index (χ0) is 14.5. The molecule has 0 aliphatic heterocycles. The van der Waals surface area contributed by atoms with Crippen molar-refractivity contribution < 1.29 is 9.90 Å². The Morgan fingerprint density at radius 1 is 1.35 bits per heavy atom. The summed E-state index contributed by atoms with van der Waals surface area (Å²) in [7, 11) is 0. The van der Waals surface area contributed by atoms with Gasteiger partial charge >= 0.3 is 0 Å². The Morgan fingerprint density at radius 3 is 2.60 bits per heavy atom. The van der Waals surface area contributed by atoms with Crippen LogP contribution in [0.15, 0.2) is 24.3 Å². The van der Waals surface area contributed by atoms with Crippen LogP contribution in [-0.2, 0) is 4.79 Å². The molecule has 1 amide bonds. The van der Waals surface area contributed by atoms with E-state index in [4.69, 9.17) is 5.73 Å². The Kier molecular flexibility index (Phi) is 5.15. The number of nitrogens with one attached hydrogen (secondary N) is 1. The maximum absolute atomic E-state index is 12.3. The van der Waals surface area contributed by atoms with E-state index in [-0.39, 0.29) is 11.8 Å². The lowest BCUT2D eigenvalue weighted by Crippen LogP contribution is -2.29. The highest BCUT2D eigenvalue weighted by Gasteiger charge is 2.26. The van der Waals surface area contributed by atoms with E-state index in [0.29, 0.717) is 11.6 Å². The van der Waals surface area contributed by atoms with E-state index < -0.39 is 6.10 Å². The van der Waals surface area contributed by atoms with Gasteiger partial charge in [0.1, 0.15) is 0 Å². The highest BCUT2D eigenvalue weighted by molar-refractivity contribution is 5.93. The van der Waals surface area contributed by atoms with Crippen molar-refractivity contribution in [2.24, 2.45) is 17.6 Å². The molecule has 1 saturated carbocycles. The van der Waals surface area contributed by atoms with E-state index >= 15 is 0 Å². The summed E-state index contributed by atoms with van der Waals surface area (Å²) >= 11 is 0. The molecule has 0 radical (unpaired) electrons. The molecule has 1 unspecified atom stereocenters. The number of rotatable bonds is 4. The Balaban J connectivity index is 1.98. The molecule has 1 fully saturated rings. The number of aliphatic hydroxyl groups excluding tert-OH is 1. The fourth-order valence-corrected chi connectivity index (χ4v) is 2.87. The summed E-state index contributed by atoms with van der Waals surface area (Å²) in [5.74, 6) is 0.706. The van der Waals surface area contributed by atoms with E-state index in [1.165, 1.54) is 0 Å². The molecular formula is C16H24N2O2. The Hall–Kier alpha value is -1.39. The minimum atomic E-state index is -0.584. The molecule has 110 valence electrons. The van der Waals surface area contributed by atoms with Crippen LogP contribution in [-0.4, -0.2) is 17.6 Å². The Morgan fingerprint density at radius 2 is 2.00 bits per heavy atom. The molecule has 0 spiro atoms. The van der Waals surface area contributed by atoms with E-state index in [2.05, 4.69) is 5.32 Å². The minimum absolute atomic E-state index is 0.0635. The normalized spacial score (nSPS) is 24.1. The van der Waals surface area contributed by atoms with Gasteiger partial charge in [-0.15, -0.1) is 0 Å². The largest absolute Gasteiger partial charge is 0.389 e. The van der Waals surface area contributed by atoms with Crippen LogP contribution < -0.4 is 11.1 Å². The highest BCUT2D eigenvalue weighted by atomic mass is 16.3. The van der Waals surface area contributed by atoms with E-state index in [1.54, 1.807) is 6.92 Å². The number of aliphatic hydroxyl groups is 1. The predicted octanol–water partition coefficient (Wildman–Crippen LogP) is 2.44. The van der Waals surface area contributed by atoms with Crippen molar-refractivity contribution in [3.8, 4) is 0 Å². The number of hydrogen-bond acceptors (Lipinski definition) is 3. The van der Waals surface area contributed by atoms with Crippen molar-refractivity contribution >= 4 is 11.6 Å². The quantitative estimate of drug-likeness (QED) is 0.790. The maximum Gasteiger partial charge on any atom is 0.227 e. The van der Waals surface area contributed by atoms with Crippen molar-refractivity contribution in [2.45, 2.75) is 38.7 Å². The summed E-state index contributed by atoms with van der Waals surface area (Å²) in [4.78, 5) is 12.3. The van der Waals surface area contributed by atoms with Crippen molar-refractivity contribution in [3.05, 3.63) is 29.8 Å². The van der Waals surface area contributed by atoms with Gasteiger partial charge in [-0.05, 0) is 51.1 Å². The van der Waals surface area contributed by atoms with Crippen LogP contribution in [0.1, 0.15) is 44.3 Å². The van der Waals surface area contributed by atoms with E-state index in [1.807, 2.05) is 24.3 Å². The van der Waals surface area contributed by atoms with Gasteiger partial charge in [0, 0.05) is 17.2 Å². The van der Waals surface area contributed by atoms with Crippen LogP contribution >= 0.6 is 0 Å². The molecule has 0 heterocycles. The molecule has 20 heavy (non-hydrogen) atoms. The molecule has 1 aliphatic rings. The van der Waals surface area contributed by atoms with Gasteiger partial charge in [0.2, 0.25) is 5.91 Å². The third kappa shape index (κ3) is 3.58. The van der Waals surface area contributed by atoms with Gasteiger partial charge in [-0.3, -0.25) is 4.79 Å². The fourth-order valence-electron chi connectivity index (χ4n) is 2.87. The molecular weight excluding hydrogens is 252 g/mol. The number of carbonyl (C=O) groups is 1. The standard InChI is InChI=1S/C16H24N2O2/c1-11(19)14-4-2-3-5-15(14)18-16(20)13-8-6-12(10-17)7-9-13/h2-5,11-13,19H,6-10,17H2,1H3,(H,18,20). The average molecular weight is 276 g/mol. The van der Waals surface area contributed by atoms with Gasteiger partial charge in [-0.25, -0.2) is 0 Å². The zero-order valence-corrected chi connectivity index (χ0v) is 12.0. The van der Waals surface area contributed by atoms with Crippen molar-refractivity contribution in [1.82, 2.24) is 0 Å². The molecule has 1 atom stereocenters. The number of hydrogen-bond donors (Lipinski definition) is 3. The lowest BCUT2D eigenvalue weighted by molar-refractivity contribution is -0.121. The van der Waals surface area contributed by atoms with Gasteiger partial charge in [0.15, 0.2) is 0 Å². The van der Waals surface area contributed by atoms with Gasteiger partial charge < -0.3 is 16.2 Å². The summed E-state index contributed by atoms with van der Waals surface area (Å²) in [6.45, 7) is 2.43. The maximum atomic E-state index is 12.3. The van der Waals surface area contributed by atoms with Crippen molar-refractivity contribution in [3.63, 3.8) is 0 Å². The first kappa shape index (κ1) is 15.0. The number of anilines is 1. The molecule has 0 saturated heterocycles. The minimum Gasteiger partial charge on any atom is -0.389 e. The number of nitrogens with two attached hydrogens (primary N) is 1. The molecule has 0 bridgehead atoms. The van der Waals surface area contributed by atoms with Crippen molar-refractivity contribution in [2.75, 3.05) is 11.9 Å². The number of para-hydroxylation sites is 1. The summed E-state index contributed by atoms with van der Waals surface area (Å²) < 4.78 is 0. The first-order chi connectivity index (χ1) is 9.61. The monoisotopic (exact) mass is 276 g/mol. The number of benzene rings is 1. The molecule has 1 aliphatic carbocycles. The summed E-state index contributed by atoms with van der Waals surface area (Å²) in [6, 6.07) is 7.41. The lowest BCUT2D eigenvalue weighted by atomic mass is 9.81. The smallest absolute Gasteiger partial charge is 0.227 e. The first-order valence-electron chi connectivity index (χ1n) is 7.39. The van der Waals surface area contributed by atoms with Gasteiger partial charge in [-0.2, -0.15) is 0 Å². The van der Waals surface area contributed by atoms with Crippen LogP contribution in [0.5, 0.6) is 0 Å². The molecule has 0 aromatic heterocycles. The second-order valence-corrected chi connectivity index (χ2v) is 5.71. The molecule has 4 heteroatoms. The molecule has 1 aromatic rings. The predicted molar refractivity (Wildman–Crippen MR) is 80.2 cm³/mol. The Labute approximate surface area is 120 Å². The second kappa shape index (κ2) is 6.86. The second-order valence-electron chi connectivity index (χ2n) is 5.71. The van der Waals surface area contributed by atoms with Crippen LogP contribution in [0.4, 0.5) is 5.69 Å². The first-order valence-corrected chi connectivity index (χ1v) is 7.39. The molecule has 1 aromatic carbocycles. The summed E-state index contributed by atoms with van der Waals surface area (Å²) in [5, 5.41) is 12.7. The highest BCUT2D eigenvalue weighted by Crippen LogP contribution is 2.30. The number of amides is 1. The van der Waals surface area contributed by atoms with Gasteiger partial charge in [-0.1, -0.05) is 18.2 Å². The molecule has 2 rings (SSSR count). The van der Waals surface area contributed by atoms with Crippen LogP contribution in [0.2, 0.25) is 0 Å². The number of carbonyl (C=O) groups excluding carboxylic acids is 1. The summed E-state index contributed by atoms with van der Waals surface area (Å²) in [6.07, 6.45) is 3.30. The van der Waals surface area contributed by atoms with Gasteiger partial charge in [0.05, 0.1) is 6.10 Å². The van der Waals surface area contributed by atoms with Crippen LogP contribution in [0.25, 0.3) is 0 Å².